The molecule has 29 heavy (non-hydrogen) atoms. The van der Waals surface area contributed by atoms with E-state index in [0.717, 1.165) is 0 Å². The van der Waals surface area contributed by atoms with Crippen molar-refractivity contribution in [1.29, 1.82) is 0 Å². The second kappa shape index (κ2) is 14.6. The predicted molar refractivity (Wildman–Crippen MR) is 108 cm³/mol. The van der Waals surface area contributed by atoms with Crippen LogP contribution >= 0.6 is 12.6 Å². The number of rotatable bonds is 15. The fourth-order valence-corrected chi connectivity index (χ4v) is 2.55. The molecule has 0 aromatic heterocycles. The van der Waals surface area contributed by atoms with Gasteiger partial charge in [-0.1, -0.05) is 0 Å². The number of carbonyl (C=O) groups excluding carboxylic acids is 4. The number of hydrogen-bond acceptors (Lipinski definition) is 8. The Labute approximate surface area is 174 Å². The Kier molecular flexibility index (Phi) is 13.4. The average Bonchev–Trinajstić information content (AvgIpc) is 2.67. The molecule has 0 aliphatic carbocycles. The Morgan fingerprint density at radius 1 is 0.862 bits per heavy atom. The zero-order valence-corrected chi connectivity index (χ0v) is 17.0. The van der Waals surface area contributed by atoms with E-state index in [4.69, 9.17) is 22.3 Å². The minimum Gasteiger partial charge on any atom is -0.480 e. The van der Waals surface area contributed by atoms with Gasteiger partial charge in [-0.25, -0.2) is 4.79 Å². The summed E-state index contributed by atoms with van der Waals surface area (Å²) in [6.45, 7) is 0.0810. The highest BCUT2D eigenvalue weighted by Crippen LogP contribution is 2.05. The van der Waals surface area contributed by atoms with Crippen molar-refractivity contribution in [2.24, 2.45) is 17.2 Å². The number of hydrogen-bond donors (Lipinski definition) is 8. The maximum Gasteiger partial charge on any atom is 0.327 e. The van der Waals surface area contributed by atoms with Crippen LogP contribution in [0, 0.1) is 0 Å². The Morgan fingerprint density at radius 3 is 1.86 bits per heavy atom. The Bertz CT molecular complexity index is 590. The molecular formula is C16H30N6O6S. The number of carbonyl (C=O) groups is 5. The molecule has 0 aromatic rings. The standard InChI is InChI=1S/C16H30N6O6S/c17-6-2-1-3-9(20-13(24)7-18)14(25)21-10(4-5-12(19)23)15(26)22-11(8-29)16(27)28/h9-11,29H,1-8,17-18H2,(H2,19,23)(H,20,24)(H,21,25)(H,22,26)(H,27,28). The molecule has 0 heterocycles. The van der Waals surface area contributed by atoms with Crippen molar-refractivity contribution in [3.8, 4) is 0 Å². The maximum absolute atomic E-state index is 12.6. The monoisotopic (exact) mass is 434 g/mol. The second-order valence-electron chi connectivity index (χ2n) is 6.26. The van der Waals surface area contributed by atoms with Gasteiger partial charge in [0.2, 0.25) is 23.6 Å². The number of nitrogens with two attached hydrogens (primary N) is 3. The lowest BCUT2D eigenvalue weighted by Crippen LogP contribution is -2.56. The highest BCUT2D eigenvalue weighted by molar-refractivity contribution is 7.80. The van der Waals surface area contributed by atoms with Crippen molar-refractivity contribution < 1.29 is 29.1 Å². The molecule has 3 atom stereocenters. The number of amides is 4. The number of thiol groups is 1. The topological polar surface area (TPSA) is 220 Å². The molecule has 0 aliphatic heterocycles. The van der Waals surface area contributed by atoms with Crippen molar-refractivity contribution in [2.75, 3.05) is 18.8 Å². The van der Waals surface area contributed by atoms with E-state index in [0.29, 0.717) is 19.4 Å². The molecule has 4 amide bonds. The molecule has 0 radical (unpaired) electrons. The van der Waals surface area contributed by atoms with E-state index >= 15 is 0 Å². The number of nitrogens with one attached hydrogen (secondary N) is 3. The van der Waals surface area contributed by atoms with Crippen LogP contribution in [0.4, 0.5) is 0 Å². The summed E-state index contributed by atoms with van der Waals surface area (Å²) < 4.78 is 0. The third kappa shape index (κ3) is 11.3. The molecular weight excluding hydrogens is 404 g/mol. The smallest absolute Gasteiger partial charge is 0.327 e. The van der Waals surface area contributed by atoms with Crippen LogP contribution in [0.2, 0.25) is 0 Å². The van der Waals surface area contributed by atoms with Gasteiger partial charge in [-0.05, 0) is 32.2 Å². The zero-order valence-electron chi connectivity index (χ0n) is 16.1. The minimum absolute atomic E-state index is 0.147. The van der Waals surface area contributed by atoms with E-state index in [1.54, 1.807) is 0 Å². The average molecular weight is 435 g/mol. The first kappa shape index (κ1) is 26.6. The van der Waals surface area contributed by atoms with Crippen molar-refractivity contribution in [2.45, 2.75) is 50.2 Å². The number of carboxylic acid groups (broad SMARTS) is 1. The Hall–Kier alpha value is -2.38. The maximum atomic E-state index is 12.6. The van der Waals surface area contributed by atoms with Crippen molar-refractivity contribution in [3.05, 3.63) is 0 Å². The number of unbranched alkanes of at least 4 members (excludes halogenated alkanes) is 1. The predicted octanol–water partition coefficient (Wildman–Crippen LogP) is -3.19. The molecule has 0 aliphatic rings. The van der Waals surface area contributed by atoms with E-state index in [1.165, 1.54) is 0 Å². The van der Waals surface area contributed by atoms with Gasteiger partial charge in [0.15, 0.2) is 0 Å². The molecule has 13 heteroatoms. The molecule has 0 aromatic carbocycles. The van der Waals surface area contributed by atoms with Gasteiger partial charge in [0.1, 0.15) is 18.1 Å². The molecule has 0 rings (SSSR count). The lowest BCUT2D eigenvalue weighted by Gasteiger charge is -2.24. The van der Waals surface area contributed by atoms with Crippen LogP contribution in [-0.2, 0) is 24.0 Å². The van der Waals surface area contributed by atoms with Gasteiger partial charge in [0.05, 0.1) is 6.54 Å². The van der Waals surface area contributed by atoms with Gasteiger partial charge in [0, 0.05) is 12.2 Å². The van der Waals surface area contributed by atoms with Crippen LogP contribution in [-0.4, -0.2) is 71.7 Å². The van der Waals surface area contributed by atoms with E-state index < -0.39 is 47.7 Å². The Morgan fingerprint density at radius 2 is 1.41 bits per heavy atom. The molecule has 166 valence electrons. The first-order valence-corrected chi connectivity index (χ1v) is 9.71. The molecule has 12 nitrogen and oxygen atoms in total. The fourth-order valence-electron chi connectivity index (χ4n) is 2.30. The number of carboxylic acids is 1. The van der Waals surface area contributed by atoms with Gasteiger partial charge >= 0.3 is 5.97 Å². The SMILES string of the molecule is NCCCCC(NC(=O)CN)C(=O)NC(CCC(N)=O)C(=O)NC(CS)C(=O)O. The quantitative estimate of drug-likeness (QED) is 0.0966. The van der Waals surface area contributed by atoms with Crippen LogP contribution in [0.15, 0.2) is 0 Å². The van der Waals surface area contributed by atoms with Crippen molar-refractivity contribution in [1.82, 2.24) is 16.0 Å². The summed E-state index contributed by atoms with van der Waals surface area (Å²) in [5, 5.41) is 16.2. The van der Waals surface area contributed by atoms with E-state index in [-0.39, 0.29) is 31.6 Å². The van der Waals surface area contributed by atoms with Crippen molar-refractivity contribution in [3.63, 3.8) is 0 Å². The van der Waals surface area contributed by atoms with Crippen LogP contribution in [0.25, 0.3) is 0 Å². The van der Waals surface area contributed by atoms with Crippen LogP contribution in [0.1, 0.15) is 32.1 Å². The van der Waals surface area contributed by atoms with E-state index in [1.807, 2.05) is 0 Å². The first-order valence-electron chi connectivity index (χ1n) is 9.08. The van der Waals surface area contributed by atoms with Crippen LogP contribution in [0.5, 0.6) is 0 Å². The van der Waals surface area contributed by atoms with Gasteiger partial charge < -0.3 is 38.3 Å². The zero-order chi connectivity index (χ0) is 22.4. The highest BCUT2D eigenvalue weighted by Gasteiger charge is 2.29. The molecule has 0 bridgehead atoms. The summed E-state index contributed by atoms with van der Waals surface area (Å²) in [4.78, 5) is 58.8. The third-order valence-electron chi connectivity index (χ3n) is 3.89. The summed E-state index contributed by atoms with van der Waals surface area (Å²) in [6.07, 6.45) is 1.05. The second-order valence-corrected chi connectivity index (χ2v) is 6.62. The number of aliphatic carboxylic acids is 1. The highest BCUT2D eigenvalue weighted by atomic mass is 32.1. The summed E-state index contributed by atoms with van der Waals surface area (Å²) in [5.41, 5.74) is 15.8. The summed E-state index contributed by atoms with van der Waals surface area (Å²) >= 11 is 3.85. The summed E-state index contributed by atoms with van der Waals surface area (Å²) in [5.74, 6) is -4.22. The molecule has 3 unspecified atom stereocenters. The first-order chi connectivity index (χ1) is 13.7. The Balaban J connectivity index is 5.28. The van der Waals surface area contributed by atoms with Gasteiger partial charge in [-0.3, -0.25) is 19.2 Å². The number of primary amides is 1. The minimum atomic E-state index is -1.30. The van der Waals surface area contributed by atoms with E-state index in [9.17, 15) is 24.0 Å². The molecule has 0 saturated carbocycles. The lowest BCUT2D eigenvalue weighted by atomic mass is 10.1. The van der Waals surface area contributed by atoms with Gasteiger partial charge in [0.25, 0.3) is 0 Å². The largest absolute Gasteiger partial charge is 0.480 e. The lowest BCUT2D eigenvalue weighted by molar-refractivity contribution is -0.141. The van der Waals surface area contributed by atoms with Crippen molar-refractivity contribution >= 4 is 42.2 Å². The van der Waals surface area contributed by atoms with E-state index in [2.05, 4.69) is 28.6 Å². The van der Waals surface area contributed by atoms with Gasteiger partial charge in [-0.15, -0.1) is 0 Å². The molecule has 0 fully saturated rings. The third-order valence-corrected chi connectivity index (χ3v) is 4.26. The molecule has 0 spiro atoms. The fraction of sp³-hybridized carbons (Fsp3) is 0.688. The summed E-state index contributed by atoms with van der Waals surface area (Å²) in [6, 6.07) is -3.48. The normalized spacial score (nSPS) is 13.6. The van der Waals surface area contributed by atoms with Crippen LogP contribution in [0.3, 0.4) is 0 Å². The van der Waals surface area contributed by atoms with Gasteiger partial charge in [-0.2, -0.15) is 12.6 Å². The molecule has 0 saturated heterocycles. The van der Waals surface area contributed by atoms with Crippen LogP contribution < -0.4 is 33.2 Å². The summed E-state index contributed by atoms with van der Waals surface area (Å²) in [7, 11) is 0. The molecule has 10 N–H and O–H groups in total.